The Morgan fingerprint density at radius 2 is 1.00 bits per heavy atom. The standard InChI is InChI=1S/C21H42O2.Ti/c1-4-5-6-7-8-9-10-11-12-13-14-15-16-17-18-19-21(22)23-20(2)3;/h20H,4-19H2,1-3H3;. The van der Waals surface area contributed by atoms with E-state index in [2.05, 4.69) is 6.92 Å². The van der Waals surface area contributed by atoms with E-state index in [0.717, 1.165) is 6.42 Å². The third-order valence-corrected chi connectivity index (χ3v) is 4.35. The Balaban J connectivity index is 0. The fourth-order valence-electron chi connectivity index (χ4n) is 2.96. The Hall–Kier alpha value is 0.184. The van der Waals surface area contributed by atoms with Crippen LogP contribution >= 0.6 is 0 Å². The van der Waals surface area contributed by atoms with Gasteiger partial charge in [0.05, 0.1) is 6.10 Å². The molecule has 0 aromatic rings. The summed E-state index contributed by atoms with van der Waals surface area (Å²) in [5, 5.41) is 0. The second kappa shape index (κ2) is 21.2. The van der Waals surface area contributed by atoms with Gasteiger partial charge in [0.25, 0.3) is 0 Å². The van der Waals surface area contributed by atoms with Crippen molar-refractivity contribution in [1.82, 2.24) is 0 Å². The van der Waals surface area contributed by atoms with Gasteiger partial charge in [-0.2, -0.15) is 0 Å². The molecular formula is C21H42O2Ti. The van der Waals surface area contributed by atoms with Crippen LogP contribution in [0.4, 0.5) is 0 Å². The van der Waals surface area contributed by atoms with Crippen molar-refractivity contribution < 1.29 is 31.2 Å². The van der Waals surface area contributed by atoms with Crippen molar-refractivity contribution in [1.29, 1.82) is 0 Å². The second-order valence-corrected chi connectivity index (χ2v) is 7.24. The molecule has 0 aliphatic rings. The van der Waals surface area contributed by atoms with Crippen molar-refractivity contribution in [2.75, 3.05) is 0 Å². The van der Waals surface area contributed by atoms with Gasteiger partial charge >= 0.3 is 5.97 Å². The summed E-state index contributed by atoms with van der Waals surface area (Å²) in [5.41, 5.74) is 0. The Bertz CT molecular complexity index is 254. The molecule has 0 bridgehead atoms. The summed E-state index contributed by atoms with van der Waals surface area (Å²) in [5.74, 6) is -0.0327. The van der Waals surface area contributed by atoms with Gasteiger partial charge in [-0.1, -0.05) is 96.8 Å². The van der Waals surface area contributed by atoms with Gasteiger partial charge in [0, 0.05) is 28.1 Å². The van der Waals surface area contributed by atoms with Crippen LogP contribution in [0.1, 0.15) is 124 Å². The number of carbonyl (C=O) groups excluding carboxylic acids is 1. The van der Waals surface area contributed by atoms with Gasteiger partial charge in [-0.05, 0) is 20.3 Å². The molecule has 0 radical (unpaired) electrons. The van der Waals surface area contributed by atoms with Crippen LogP contribution in [0.15, 0.2) is 0 Å². The number of ether oxygens (including phenoxy) is 1. The zero-order chi connectivity index (χ0) is 17.2. The predicted octanol–water partition coefficient (Wildman–Crippen LogP) is 7.20. The first kappa shape index (κ1) is 26.4. The average Bonchev–Trinajstić information content (AvgIpc) is 2.50. The largest absolute Gasteiger partial charge is 0.463 e. The van der Waals surface area contributed by atoms with Crippen LogP contribution in [0, 0.1) is 0 Å². The predicted molar refractivity (Wildman–Crippen MR) is 101 cm³/mol. The molecule has 0 atom stereocenters. The first-order valence-electron chi connectivity index (χ1n) is 10.4. The van der Waals surface area contributed by atoms with Gasteiger partial charge in [-0.25, -0.2) is 0 Å². The van der Waals surface area contributed by atoms with Gasteiger partial charge in [-0.3, -0.25) is 4.79 Å². The number of hydrogen-bond donors (Lipinski definition) is 0. The maximum atomic E-state index is 11.4. The molecule has 0 saturated heterocycles. The van der Waals surface area contributed by atoms with Crippen LogP contribution in [0.25, 0.3) is 0 Å². The fourth-order valence-corrected chi connectivity index (χ4v) is 2.96. The number of hydrogen-bond acceptors (Lipinski definition) is 2. The van der Waals surface area contributed by atoms with Crippen molar-refractivity contribution in [3.63, 3.8) is 0 Å². The Morgan fingerprint density at radius 1 is 0.667 bits per heavy atom. The smallest absolute Gasteiger partial charge is 0.306 e. The molecule has 0 saturated carbocycles. The van der Waals surface area contributed by atoms with Crippen molar-refractivity contribution in [3.8, 4) is 0 Å². The van der Waals surface area contributed by atoms with Crippen LogP contribution in [-0.2, 0) is 31.2 Å². The SMILES string of the molecule is CCCCCCCCCCCCCCCCCC(=O)OC(C)C.[Ti]. The molecule has 0 aliphatic heterocycles. The minimum absolute atomic E-state index is 0. The van der Waals surface area contributed by atoms with E-state index in [1.807, 2.05) is 13.8 Å². The maximum Gasteiger partial charge on any atom is 0.306 e. The number of unbranched alkanes of at least 4 members (excludes halogenated alkanes) is 14. The van der Waals surface area contributed by atoms with Crippen LogP contribution < -0.4 is 0 Å². The van der Waals surface area contributed by atoms with E-state index in [-0.39, 0.29) is 33.8 Å². The van der Waals surface area contributed by atoms with E-state index in [0.29, 0.717) is 6.42 Å². The van der Waals surface area contributed by atoms with Crippen LogP contribution in [-0.4, -0.2) is 12.1 Å². The normalized spacial score (nSPS) is 10.7. The van der Waals surface area contributed by atoms with Crippen molar-refractivity contribution in [3.05, 3.63) is 0 Å². The van der Waals surface area contributed by atoms with Crippen LogP contribution in [0.3, 0.4) is 0 Å². The Labute approximate surface area is 166 Å². The zero-order valence-corrected chi connectivity index (χ0v) is 18.3. The van der Waals surface area contributed by atoms with Gasteiger partial charge in [-0.15, -0.1) is 0 Å². The summed E-state index contributed by atoms with van der Waals surface area (Å²) in [4.78, 5) is 11.4. The third-order valence-electron chi connectivity index (χ3n) is 4.35. The summed E-state index contributed by atoms with van der Waals surface area (Å²) in [7, 11) is 0. The van der Waals surface area contributed by atoms with E-state index in [1.54, 1.807) is 0 Å². The number of rotatable bonds is 17. The molecule has 142 valence electrons. The third kappa shape index (κ3) is 22.2. The molecule has 0 aromatic carbocycles. The molecular weight excluding hydrogens is 332 g/mol. The first-order valence-corrected chi connectivity index (χ1v) is 10.4. The molecule has 24 heavy (non-hydrogen) atoms. The molecule has 0 heterocycles. The van der Waals surface area contributed by atoms with E-state index >= 15 is 0 Å². The summed E-state index contributed by atoms with van der Waals surface area (Å²) >= 11 is 0. The van der Waals surface area contributed by atoms with Gasteiger partial charge in [0.15, 0.2) is 0 Å². The molecule has 2 nitrogen and oxygen atoms in total. The molecule has 3 heteroatoms. The summed E-state index contributed by atoms with van der Waals surface area (Å²) in [6, 6.07) is 0. The van der Waals surface area contributed by atoms with Crippen molar-refractivity contribution in [2.45, 2.75) is 130 Å². The maximum absolute atomic E-state index is 11.4. The van der Waals surface area contributed by atoms with Crippen LogP contribution in [0.2, 0.25) is 0 Å². The van der Waals surface area contributed by atoms with Crippen LogP contribution in [0.5, 0.6) is 0 Å². The van der Waals surface area contributed by atoms with Crippen molar-refractivity contribution >= 4 is 5.97 Å². The van der Waals surface area contributed by atoms with Crippen molar-refractivity contribution in [2.24, 2.45) is 0 Å². The second-order valence-electron chi connectivity index (χ2n) is 7.24. The minimum atomic E-state index is -0.0327. The number of esters is 1. The first-order chi connectivity index (χ1) is 11.2. The van der Waals surface area contributed by atoms with E-state index in [9.17, 15) is 4.79 Å². The molecule has 0 amide bonds. The molecule has 0 fully saturated rings. The summed E-state index contributed by atoms with van der Waals surface area (Å²) < 4.78 is 5.13. The Kier molecular flexibility index (Phi) is 23.4. The zero-order valence-electron chi connectivity index (χ0n) is 16.7. The minimum Gasteiger partial charge on any atom is -0.463 e. The quantitative estimate of drug-likeness (QED) is 0.153. The Morgan fingerprint density at radius 3 is 1.33 bits per heavy atom. The molecule has 0 aliphatic carbocycles. The molecule has 0 unspecified atom stereocenters. The average molecular weight is 374 g/mol. The monoisotopic (exact) mass is 374 g/mol. The van der Waals surface area contributed by atoms with Gasteiger partial charge in [0.2, 0.25) is 0 Å². The molecule has 0 N–H and O–H groups in total. The van der Waals surface area contributed by atoms with Gasteiger partial charge in [0.1, 0.15) is 0 Å². The van der Waals surface area contributed by atoms with Gasteiger partial charge < -0.3 is 4.74 Å². The van der Waals surface area contributed by atoms with E-state index in [1.165, 1.54) is 89.9 Å². The molecule has 0 spiro atoms. The summed E-state index contributed by atoms with van der Waals surface area (Å²) in [6.07, 6.45) is 20.9. The fraction of sp³-hybridized carbons (Fsp3) is 0.952. The number of carbonyl (C=O) groups is 1. The molecule has 0 rings (SSSR count). The summed E-state index contributed by atoms with van der Waals surface area (Å²) in [6.45, 7) is 6.09. The topological polar surface area (TPSA) is 26.3 Å². The molecule has 0 aromatic heterocycles. The van der Waals surface area contributed by atoms with E-state index < -0.39 is 0 Å². The van der Waals surface area contributed by atoms with E-state index in [4.69, 9.17) is 4.74 Å².